The van der Waals surface area contributed by atoms with Gasteiger partial charge < -0.3 is 20.4 Å². The number of amides is 1. The second kappa shape index (κ2) is 10.4. The maximum absolute atomic E-state index is 11.8. The van der Waals surface area contributed by atoms with Crippen LogP contribution >= 0.6 is 24.0 Å². The van der Waals surface area contributed by atoms with Crippen LogP contribution in [0.25, 0.3) is 0 Å². The van der Waals surface area contributed by atoms with Crippen LogP contribution in [0.2, 0.25) is 0 Å². The first-order valence-corrected chi connectivity index (χ1v) is 8.40. The van der Waals surface area contributed by atoms with Crippen LogP contribution in [0.15, 0.2) is 23.3 Å². The Morgan fingerprint density at radius 2 is 2.24 bits per heavy atom. The van der Waals surface area contributed by atoms with Gasteiger partial charge in [-0.05, 0) is 24.1 Å². The quantitative estimate of drug-likeness (QED) is 0.396. The van der Waals surface area contributed by atoms with Crippen molar-refractivity contribution >= 4 is 41.7 Å². The summed E-state index contributed by atoms with van der Waals surface area (Å²) in [5, 5.41) is 6.73. The first-order chi connectivity index (χ1) is 11.5. The maximum Gasteiger partial charge on any atom is 0.222 e. The molecule has 1 unspecified atom stereocenters. The minimum atomic E-state index is 0. The number of hydrogen-bond acceptors (Lipinski definition) is 4. The van der Waals surface area contributed by atoms with E-state index in [9.17, 15) is 4.79 Å². The summed E-state index contributed by atoms with van der Waals surface area (Å²) in [5.74, 6) is 1.91. The third kappa shape index (κ3) is 6.33. The number of aliphatic imine (C=N–C) groups is 1. The van der Waals surface area contributed by atoms with E-state index in [0.29, 0.717) is 13.0 Å². The van der Waals surface area contributed by atoms with E-state index in [4.69, 9.17) is 0 Å². The highest BCUT2D eigenvalue weighted by atomic mass is 127. The highest BCUT2D eigenvalue weighted by Crippen LogP contribution is 2.11. The van der Waals surface area contributed by atoms with Crippen LogP contribution in [0.1, 0.15) is 25.3 Å². The molecule has 1 aromatic rings. The Bertz CT molecular complexity index is 592. The lowest BCUT2D eigenvalue weighted by molar-refractivity contribution is -0.129. The zero-order chi connectivity index (χ0) is 17.5. The summed E-state index contributed by atoms with van der Waals surface area (Å²) in [6.45, 7) is 4.14. The van der Waals surface area contributed by atoms with E-state index >= 15 is 0 Å². The number of nitrogens with one attached hydrogen (secondary N) is 2. The van der Waals surface area contributed by atoms with Crippen LogP contribution in [0, 0.1) is 0 Å². The molecule has 0 spiro atoms. The fourth-order valence-corrected chi connectivity index (χ4v) is 2.72. The number of pyridine rings is 1. The van der Waals surface area contributed by atoms with Gasteiger partial charge in [-0.15, -0.1) is 24.0 Å². The summed E-state index contributed by atoms with van der Waals surface area (Å²) in [5.41, 5.74) is 1.14. The number of nitrogens with zero attached hydrogens (tertiary/aromatic N) is 4. The predicted molar refractivity (Wildman–Crippen MR) is 113 cm³/mol. The molecule has 0 saturated carbocycles. The van der Waals surface area contributed by atoms with Gasteiger partial charge in [0.1, 0.15) is 5.82 Å². The third-order valence-corrected chi connectivity index (χ3v) is 4.14. The zero-order valence-electron chi connectivity index (χ0n) is 15.5. The molecule has 1 saturated heterocycles. The zero-order valence-corrected chi connectivity index (χ0v) is 17.8. The summed E-state index contributed by atoms with van der Waals surface area (Å²) >= 11 is 0. The first-order valence-electron chi connectivity index (χ1n) is 8.40. The summed E-state index contributed by atoms with van der Waals surface area (Å²) < 4.78 is 0. The second-order valence-corrected chi connectivity index (χ2v) is 6.17. The van der Waals surface area contributed by atoms with Gasteiger partial charge in [-0.25, -0.2) is 4.98 Å². The number of likely N-dealkylation sites (tertiary alicyclic amines) is 1. The molecule has 0 aromatic carbocycles. The molecule has 2 heterocycles. The number of anilines is 1. The minimum absolute atomic E-state index is 0. The molecular formula is C17H29IN6O. The SMILES string of the molecule is CCC(=O)N1CCC(NC(=NC)NCc2ccnc(N(C)C)c2)C1.I. The van der Waals surface area contributed by atoms with Gasteiger partial charge in [0.25, 0.3) is 0 Å². The first kappa shape index (κ1) is 21.5. The molecule has 25 heavy (non-hydrogen) atoms. The van der Waals surface area contributed by atoms with Crippen molar-refractivity contribution in [2.24, 2.45) is 4.99 Å². The summed E-state index contributed by atoms with van der Waals surface area (Å²) in [6, 6.07) is 4.30. The van der Waals surface area contributed by atoms with Crippen LogP contribution in [0.3, 0.4) is 0 Å². The Labute approximate surface area is 167 Å². The number of carbonyl (C=O) groups excluding carboxylic acids is 1. The van der Waals surface area contributed by atoms with Gasteiger partial charge in [0, 0.05) is 59.4 Å². The Kier molecular flexibility index (Phi) is 8.95. The smallest absolute Gasteiger partial charge is 0.222 e. The number of rotatable bonds is 5. The average Bonchev–Trinajstić information content (AvgIpc) is 3.06. The number of guanidine groups is 1. The van der Waals surface area contributed by atoms with Crippen molar-refractivity contribution in [1.82, 2.24) is 20.5 Å². The van der Waals surface area contributed by atoms with Crippen LogP contribution in [-0.2, 0) is 11.3 Å². The van der Waals surface area contributed by atoms with Crippen molar-refractivity contribution in [3.63, 3.8) is 0 Å². The number of halogens is 1. The molecular weight excluding hydrogens is 431 g/mol. The fourth-order valence-electron chi connectivity index (χ4n) is 2.72. The van der Waals surface area contributed by atoms with Gasteiger partial charge in [-0.2, -0.15) is 0 Å². The highest BCUT2D eigenvalue weighted by Gasteiger charge is 2.25. The van der Waals surface area contributed by atoms with Crippen molar-refractivity contribution in [1.29, 1.82) is 0 Å². The topological polar surface area (TPSA) is 72.9 Å². The van der Waals surface area contributed by atoms with Crippen LogP contribution < -0.4 is 15.5 Å². The van der Waals surface area contributed by atoms with E-state index < -0.39 is 0 Å². The molecule has 140 valence electrons. The maximum atomic E-state index is 11.8. The third-order valence-electron chi connectivity index (χ3n) is 4.14. The molecule has 1 atom stereocenters. The Morgan fingerprint density at radius 3 is 2.88 bits per heavy atom. The van der Waals surface area contributed by atoms with E-state index in [2.05, 4.69) is 26.7 Å². The van der Waals surface area contributed by atoms with Crippen LogP contribution in [0.4, 0.5) is 5.82 Å². The molecule has 0 aliphatic carbocycles. The van der Waals surface area contributed by atoms with Gasteiger partial charge in [-0.3, -0.25) is 9.79 Å². The van der Waals surface area contributed by atoms with E-state index in [1.165, 1.54) is 0 Å². The van der Waals surface area contributed by atoms with E-state index in [-0.39, 0.29) is 35.9 Å². The van der Waals surface area contributed by atoms with Crippen molar-refractivity contribution in [2.75, 3.05) is 39.1 Å². The molecule has 7 nitrogen and oxygen atoms in total. The molecule has 1 fully saturated rings. The summed E-state index contributed by atoms with van der Waals surface area (Å²) in [4.78, 5) is 24.2. The standard InChI is InChI=1S/C17H28N6O.HI/c1-5-16(24)23-9-7-14(12-23)21-17(18-2)20-11-13-6-8-19-15(10-13)22(3)4;/h6,8,10,14H,5,7,9,11-12H2,1-4H3,(H2,18,20,21);1H. The van der Waals surface area contributed by atoms with Crippen molar-refractivity contribution in [2.45, 2.75) is 32.4 Å². The van der Waals surface area contributed by atoms with E-state index in [0.717, 1.165) is 36.9 Å². The Hall–Kier alpha value is -1.58. The lowest BCUT2D eigenvalue weighted by Gasteiger charge is -2.19. The lowest BCUT2D eigenvalue weighted by atomic mass is 10.2. The summed E-state index contributed by atoms with van der Waals surface area (Å²) in [6.07, 6.45) is 3.33. The van der Waals surface area contributed by atoms with Crippen LogP contribution in [-0.4, -0.2) is 62.0 Å². The summed E-state index contributed by atoms with van der Waals surface area (Å²) in [7, 11) is 5.71. The molecule has 2 N–H and O–H groups in total. The number of aromatic nitrogens is 1. The molecule has 0 radical (unpaired) electrons. The van der Waals surface area contributed by atoms with E-state index in [1.54, 1.807) is 7.05 Å². The minimum Gasteiger partial charge on any atom is -0.363 e. The van der Waals surface area contributed by atoms with Crippen molar-refractivity contribution in [3.8, 4) is 0 Å². The highest BCUT2D eigenvalue weighted by molar-refractivity contribution is 14.0. The predicted octanol–water partition coefficient (Wildman–Crippen LogP) is 1.44. The largest absolute Gasteiger partial charge is 0.363 e. The average molecular weight is 460 g/mol. The number of hydrogen-bond donors (Lipinski definition) is 2. The monoisotopic (exact) mass is 460 g/mol. The second-order valence-electron chi connectivity index (χ2n) is 6.17. The normalized spacial score (nSPS) is 17.0. The molecule has 2 rings (SSSR count). The van der Waals surface area contributed by atoms with Crippen molar-refractivity contribution < 1.29 is 4.79 Å². The molecule has 8 heteroatoms. The van der Waals surface area contributed by atoms with Crippen molar-refractivity contribution in [3.05, 3.63) is 23.9 Å². The van der Waals surface area contributed by atoms with Crippen LogP contribution in [0.5, 0.6) is 0 Å². The van der Waals surface area contributed by atoms with Gasteiger partial charge in [-0.1, -0.05) is 6.92 Å². The fraction of sp³-hybridized carbons (Fsp3) is 0.588. The molecule has 1 aliphatic heterocycles. The van der Waals surface area contributed by atoms with E-state index in [1.807, 2.05) is 43.1 Å². The molecule has 1 aromatic heterocycles. The molecule has 0 bridgehead atoms. The van der Waals surface area contributed by atoms with Gasteiger partial charge in [0.2, 0.25) is 5.91 Å². The van der Waals surface area contributed by atoms with Gasteiger partial charge in [0.15, 0.2) is 5.96 Å². The number of carbonyl (C=O) groups is 1. The molecule has 1 amide bonds. The Morgan fingerprint density at radius 1 is 1.48 bits per heavy atom. The van der Waals surface area contributed by atoms with Gasteiger partial charge >= 0.3 is 0 Å². The lowest BCUT2D eigenvalue weighted by Crippen LogP contribution is -2.44. The molecule has 1 aliphatic rings. The Balaban J connectivity index is 0.00000312. The van der Waals surface area contributed by atoms with Gasteiger partial charge in [0.05, 0.1) is 0 Å².